The van der Waals surface area contributed by atoms with Crippen LogP contribution in [0.4, 0.5) is 0 Å². The largest absolute Gasteiger partial charge is 0.493 e. The SMILES string of the molecule is COc1ccccc1OCC(=O)N(Cc1ccccc1Cl)C(C)C(=O)NC(C)(C)C. The van der Waals surface area contributed by atoms with Gasteiger partial charge in [0.15, 0.2) is 18.1 Å². The van der Waals surface area contributed by atoms with Gasteiger partial charge in [-0.2, -0.15) is 0 Å². The molecule has 2 amide bonds. The number of hydrogen-bond donors (Lipinski definition) is 1. The van der Waals surface area contributed by atoms with Gasteiger partial charge in [0.1, 0.15) is 6.04 Å². The molecular formula is C23H29ClN2O4. The quantitative estimate of drug-likeness (QED) is 0.683. The molecule has 2 rings (SSSR count). The van der Waals surface area contributed by atoms with Crippen molar-refractivity contribution in [2.24, 2.45) is 0 Å². The summed E-state index contributed by atoms with van der Waals surface area (Å²) in [5, 5.41) is 3.45. The van der Waals surface area contributed by atoms with Crippen LogP contribution in [0.15, 0.2) is 48.5 Å². The van der Waals surface area contributed by atoms with Crippen molar-refractivity contribution in [1.29, 1.82) is 0 Å². The third-order valence-electron chi connectivity index (χ3n) is 4.38. The van der Waals surface area contributed by atoms with Crippen LogP contribution in [-0.4, -0.2) is 42.0 Å². The van der Waals surface area contributed by atoms with E-state index in [-0.39, 0.29) is 25.0 Å². The second-order valence-corrected chi connectivity index (χ2v) is 8.38. The number of ether oxygens (including phenoxy) is 2. The van der Waals surface area contributed by atoms with Gasteiger partial charge in [-0.15, -0.1) is 0 Å². The highest BCUT2D eigenvalue weighted by Gasteiger charge is 2.29. The molecule has 0 saturated carbocycles. The summed E-state index contributed by atoms with van der Waals surface area (Å²) in [7, 11) is 1.53. The number of methoxy groups -OCH3 is 1. The lowest BCUT2D eigenvalue weighted by Gasteiger charge is -2.31. The molecule has 2 aromatic rings. The Morgan fingerprint density at radius 1 is 1.07 bits per heavy atom. The molecule has 0 fully saturated rings. The molecule has 30 heavy (non-hydrogen) atoms. The van der Waals surface area contributed by atoms with Crippen molar-refractivity contribution in [2.75, 3.05) is 13.7 Å². The number of nitrogens with one attached hydrogen (secondary N) is 1. The van der Waals surface area contributed by atoms with Gasteiger partial charge in [-0.25, -0.2) is 0 Å². The molecule has 0 saturated heterocycles. The molecule has 0 bridgehead atoms. The predicted molar refractivity (Wildman–Crippen MR) is 118 cm³/mol. The topological polar surface area (TPSA) is 67.9 Å². The molecule has 0 radical (unpaired) electrons. The first-order valence-electron chi connectivity index (χ1n) is 9.73. The highest BCUT2D eigenvalue weighted by Crippen LogP contribution is 2.26. The average molecular weight is 433 g/mol. The van der Waals surface area contributed by atoms with Crippen molar-refractivity contribution in [1.82, 2.24) is 10.2 Å². The molecule has 0 aromatic heterocycles. The van der Waals surface area contributed by atoms with Crippen LogP contribution in [-0.2, 0) is 16.1 Å². The zero-order valence-electron chi connectivity index (χ0n) is 18.1. The number of nitrogens with zero attached hydrogens (tertiary/aromatic N) is 1. The summed E-state index contributed by atoms with van der Waals surface area (Å²) in [6, 6.07) is 13.6. The Labute approximate surface area is 183 Å². The van der Waals surface area contributed by atoms with E-state index in [2.05, 4.69) is 5.32 Å². The lowest BCUT2D eigenvalue weighted by molar-refractivity contribution is -0.142. The van der Waals surface area contributed by atoms with Crippen LogP contribution < -0.4 is 14.8 Å². The Morgan fingerprint density at radius 2 is 1.67 bits per heavy atom. The smallest absolute Gasteiger partial charge is 0.261 e. The number of rotatable bonds is 8. The minimum absolute atomic E-state index is 0.187. The third kappa shape index (κ3) is 6.66. The molecular weight excluding hydrogens is 404 g/mol. The fourth-order valence-corrected chi connectivity index (χ4v) is 3.02. The second-order valence-electron chi connectivity index (χ2n) is 7.97. The highest BCUT2D eigenvalue weighted by molar-refractivity contribution is 6.31. The standard InChI is InChI=1S/C23H29ClN2O4/c1-16(22(28)25-23(2,3)4)26(14-17-10-6-7-11-18(17)24)21(27)15-30-20-13-9-8-12-19(20)29-5/h6-13,16H,14-15H2,1-5H3,(H,25,28). The van der Waals surface area contributed by atoms with E-state index >= 15 is 0 Å². The Morgan fingerprint density at radius 3 is 2.27 bits per heavy atom. The van der Waals surface area contributed by atoms with Crippen molar-refractivity contribution in [2.45, 2.75) is 45.8 Å². The van der Waals surface area contributed by atoms with Crippen molar-refractivity contribution >= 4 is 23.4 Å². The minimum Gasteiger partial charge on any atom is -0.493 e. The first-order valence-corrected chi connectivity index (χ1v) is 10.1. The summed E-state index contributed by atoms with van der Waals surface area (Å²) >= 11 is 6.29. The number of carbonyl (C=O) groups excluding carboxylic acids is 2. The monoisotopic (exact) mass is 432 g/mol. The number of benzene rings is 2. The van der Waals surface area contributed by atoms with Gasteiger partial charge in [0, 0.05) is 17.1 Å². The number of amides is 2. The Balaban J connectivity index is 2.22. The molecule has 6 nitrogen and oxygen atoms in total. The van der Waals surface area contributed by atoms with Gasteiger partial charge >= 0.3 is 0 Å². The van der Waals surface area contributed by atoms with E-state index in [1.165, 1.54) is 12.0 Å². The fourth-order valence-electron chi connectivity index (χ4n) is 2.83. The molecule has 1 atom stereocenters. The van der Waals surface area contributed by atoms with Gasteiger partial charge in [0.2, 0.25) is 5.91 Å². The van der Waals surface area contributed by atoms with Crippen molar-refractivity contribution < 1.29 is 19.1 Å². The number of halogens is 1. The molecule has 2 aromatic carbocycles. The van der Waals surface area contributed by atoms with E-state index in [0.29, 0.717) is 16.5 Å². The maximum Gasteiger partial charge on any atom is 0.261 e. The molecule has 0 aliphatic rings. The van der Waals surface area contributed by atoms with Gasteiger partial charge in [0.25, 0.3) is 5.91 Å². The van der Waals surface area contributed by atoms with E-state index < -0.39 is 11.6 Å². The number of hydrogen-bond acceptors (Lipinski definition) is 4. The molecule has 7 heteroatoms. The minimum atomic E-state index is -0.714. The van der Waals surface area contributed by atoms with E-state index in [9.17, 15) is 9.59 Å². The van der Waals surface area contributed by atoms with Crippen molar-refractivity contribution in [3.05, 3.63) is 59.1 Å². The van der Waals surface area contributed by atoms with E-state index in [0.717, 1.165) is 5.56 Å². The summed E-state index contributed by atoms with van der Waals surface area (Å²) in [6.07, 6.45) is 0. The molecule has 0 spiro atoms. The number of para-hydroxylation sites is 2. The third-order valence-corrected chi connectivity index (χ3v) is 4.75. The summed E-state index contributed by atoms with van der Waals surface area (Å²) in [5.74, 6) is 0.400. The lowest BCUT2D eigenvalue weighted by Crippen LogP contribution is -2.53. The predicted octanol–water partition coefficient (Wildman–Crippen LogP) is 4.06. The van der Waals surface area contributed by atoms with Gasteiger partial charge in [-0.05, 0) is 51.5 Å². The summed E-state index contributed by atoms with van der Waals surface area (Å²) < 4.78 is 10.9. The van der Waals surface area contributed by atoms with Gasteiger partial charge in [0.05, 0.1) is 7.11 Å². The highest BCUT2D eigenvalue weighted by atomic mass is 35.5. The van der Waals surface area contributed by atoms with E-state index in [4.69, 9.17) is 21.1 Å². The molecule has 0 aliphatic carbocycles. The normalized spacial score (nSPS) is 12.1. The van der Waals surface area contributed by atoms with Crippen LogP contribution in [0.5, 0.6) is 11.5 Å². The van der Waals surface area contributed by atoms with Gasteiger partial charge in [-0.3, -0.25) is 9.59 Å². The van der Waals surface area contributed by atoms with Crippen LogP contribution in [0.2, 0.25) is 5.02 Å². The molecule has 162 valence electrons. The first-order chi connectivity index (χ1) is 14.1. The second kappa shape index (κ2) is 10.3. The van der Waals surface area contributed by atoms with Gasteiger partial charge in [-0.1, -0.05) is 41.9 Å². The molecule has 0 aliphatic heterocycles. The van der Waals surface area contributed by atoms with Crippen molar-refractivity contribution in [3.8, 4) is 11.5 Å². The molecule has 1 unspecified atom stereocenters. The van der Waals surface area contributed by atoms with Crippen LogP contribution in [0.25, 0.3) is 0 Å². The molecule has 1 N–H and O–H groups in total. The van der Waals surface area contributed by atoms with Crippen molar-refractivity contribution in [3.63, 3.8) is 0 Å². The molecule has 0 heterocycles. The maximum absolute atomic E-state index is 13.1. The zero-order chi connectivity index (χ0) is 22.3. The lowest BCUT2D eigenvalue weighted by atomic mass is 10.1. The zero-order valence-corrected chi connectivity index (χ0v) is 18.8. The summed E-state index contributed by atoms with van der Waals surface area (Å²) in [6.45, 7) is 7.32. The first kappa shape index (κ1) is 23.5. The van der Waals surface area contributed by atoms with Crippen LogP contribution >= 0.6 is 11.6 Å². The summed E-state index contributed by atoms with van der Waals surface area (Å²) in [5.41, 5.74) is 0.332. The number of carbonyl (C=O) groups is 2. The maximum atomic E-state index is 13.1. The summed E-state index contributed by atoms with van der Waals surface area (Å²) in [4.78, 5) is 27.3. The average Bonchev–Trinajstić information content (AvgIpc) is 2.69. The van der Waals surface area contributed by atoms with E-state index in [1.54, 1.807) is 31.2 Å². The van der Waals surface area contributed by atoms with Crippen LogP contribution in [0.1, 0.15) is 33.3 Å². The van der Waals surface area contributed by atoms with Gasteiger partial charge < -0.3 is 19.7 Å². The van der Waals surface area contributed by atoms with E-state index in [1.807, 2.05) is 45.0 Å². The Hall–Kier alpha value is -2.73. The van der Waals surface area contributed by atoms with Crippen LogP contribution in [0, 0.1) is 0 Å². The van der Waals surface area contributed by atoms with Crippen LogP contribution in [0.3, 0.4) is 0 Å². The Kier molecular flexibility index (Phi) is 8.12. The fraction of sp³-hybridized carbons (Fsp3) is 0.391. The Bertz CT molecular complexity index is 880.